The summed E-state index contributed by atoms with van der Waals surface area (Å²) >= 11 is 0. The molecule has 1 N–H and O–H groups in total. The molecule has 1 fully saturated rings. The maximum absolute atomic E-state index is 4.61. The number of nitrogens with zero attached hydrogens (tertiary/aromatic N) is 5. The predicted molar refractivity (Wildman–Crippen MR) is 76.6 cm³/mol. The molecule has 20 heavy (non-hydrogen) atoms. The van der Waals surface area contributed by atoms with Crippen molar-refractivity contribution in [1.82, 2.24) is 24.8 Å². The molecule has 0 spiro atoms. The van der Waals surface area contributed by atoms with Crippen molar-refractivity contribution < 1.29 is 0 Å². The quantitative estimate of drug-likeness (QED) is 0.922. The Balaban J connectivity index is 1.79. The number of nitrogens with one attached hydrogen (secondary N) is 1. The molecule has 3 rings (SSSR count). The molecule has 1 atom stereocenters. The van der Waals surface area contributed by atoms with Gasteiger partial charge in [0.2, 0.25) is 5.95 Å². The van der Waals surface area contributed by atoms with Crippen LogP contribution in [-0.2, 0) is 0 Å². The van der Waals surface area contributed by atoms with E-state index in [9.17, 15) is 0 Å². The summed E-state index contributed by atoms with van der Waals surface area (Å²) in [4.78, 5) is 19.4. The maximum atomic E-state index is 4.61. The van der Waals surface area contributed by atoms with E-state index in [4.69, 9.17) is 0 Å². The molecule has 0 aromatic carbocycles. The first-order valence-electron chi connectivity index (χ1n) is 6.89. The van der Waals surface area contributed by atoms with Crippen molar-refractivity contribution in [3.63, 3.8) is 0 Å². The molecule has 1 aliphatic rings. The first kappa shape index (κ1) is 12.9. The van der Waals surface area contributed by atoms with Gasteiger partial charge in [-0.3, -0.25) is 9.88 Å². The third kappa shape index (κ3) is 2.91. The van der Waals surface area contributed by atoms with E-state index >= 15 is 0 Å². The summed E-state index contributed by atoms with van der Waals surface area (Å²) in [5, 5.41) is 3.08. The van der Waals surface area contributed by atoms with Crippen LogP contribution in [0.1, 0.15) is 31.0 Å². The number of rotatable bonds is 3. The molecule has 1 saturated heterocycles. The summed E-state index contributed by atoms with van der Waals surface area (Å²) in [6.45, 7) is 1.13. The molecule has 0 saturated carbocycles. The number of hydrogen-bond acceptors (Lipinski definition) is 6. The zero-order chi connectivity index (χ0) is 13.8. The van der Waals surface area contributed by atoms with Crippen LogP contribution in [0.2, 0.25) is 0 Å². The molecule has 1 unspecified atom stereocenters. The van der Waals surface area contributed by atoms with Gasteiger partial charge in [-0.2, -0.15) is 0 Å². The molecule has 0 amide bonds. The van der Waals surface area contributed by atoms with Crippen molar-refractivity contribution >= 4 is 11.8 Å². The Morgan fingerprint density at radius 1 is 1.20 bits per heavy atom. The molecular weight excluding hydrogens is 252 g/mol. The second kappa shape index (κ2) is 5.92. The standard InChI is InChI=1S/C14H18N6/c1-20-9-3-2-4-12(20)11-5-6-17-14(18-11)19-13-10-15-7-8-16-13/h5-8,10,12H,2-4,9H2,1H3,(H,16,17,18,19). The number of aromatic nitrogens is 4. The topological polar surface area (TPSA) is 66.8 Å². The Hall–Kier alpha value is -2.08. The lowest BCUT2D eigenvalue weighted by molar-refractivity contribution is 0.183. The Morgan fingerprint density at radius 2 is 2.15 bits per heavy atom. The lowest BCUT2D eigenvalue weighted by Crippen LogP contribution is -2.30. The van der Waals surface area contributed by atoms with Crippen LogP contribution < -0.4 is 5.32 Å². The SMILES string of the molecule is CN1CCCCC1c1ccnc(Nc2cnccn2)n1. The van der Waals surface area contributed by atoms with Crippen LogP contribution in [0.25, 0.3) is 0 Å². The highest BCUT2D eigenvalue weighted by molar-refractivity contribution is 5.45. The molecule has 6 heteroatoms. The fraction of sp³-hybridized carbons (Fsp3) is 0.429. The van der Waals surface area contributed by atoms with Crippen molar-refractivity contribution in [1.29, 1.82) is 0 Å². The van der Waals surface area contributed by atoms with Gasteiger partial charge in [0, 0.05) is 18.6 Å². The number of piperidine rings is 1. The van der Waals surface area contributed by atoms with Gasteiger partial charge in [0.1, 0.15) is 0 Å². The van der Waals surface area contributed by atoms with Crippen LogP contribution in [0.4, 0.5) is 11.8 Å². The molecule has 0 bridgehead atoms. The lowest BCUT2D eigenvalue weighted by atomic mass is 10.00. The minimum Gasteiger partial charge on any atom is -0.307 e. The molecule has 2 aromatic heterocycles. The molecule has 2 aromatic rings. The Morgan fingerprint density at radius 3 is 2.95 bits per heavy atom. The molecular formula is C14H18N6. The van der Waals surface area contributed by atoms with Crippen molar-refractivity contribution in [2.24, 2.45) is 0 Å². The summed E-state index contributed by atoms with van der Waals surface area (Å²) in [7, 11) is 2.15. The van der Waals surface area contributed by atoms with Gasteiger partial charge < -0.3 is 5.32 Å². The van der Waals surface area contributed by atoms with Crippen molar-refractivity contribution in [3.05, 3.63) is 36.5 Å². The van der Waals surface area contributed by atoms with Gasteiger partial charge in [-0.25, -0.2) is 15.0 Å². The summed E-state index contributed by atoms with van der Waals surface area (Å²) < 4.78 is 0. The highest BCUT2D eigenvalue weighted by Gasteiger charge is 2.22. The van der Waals surface area contributed by atoms with Crippen molar-refractivity contribution in [3.8, 4) is 0 Å². The molecule has 1 aliphatic heterocycles. The second-order valence-corrected chi connectivity index (χ2v) is 5.01. The number of hydrogen-bond donors (Lipinski definition) is 1. The van der Waals surface area contributed by atoms with Crippen LogP contribution in [0.5, 0.6) is 0 Å². The van der Waals surface area contributed by atoms with Gasteiger partial charge in [0.05, 0.1) is 17.9 Å². The summed E-state index contributed by atoms with van der Waals surface area (Å²) in [5.74, 6) is 1.23. The fourth-order valence-corrected chi connectivity index (χ4v) is 2.55. The van der Waals surface area contributed by atoms with Crippen molar-refractivity contribution in [2.75, 3.05) is 18.9 Å². The fourth-order valence-electron chi connectivity index (χ4n) is 2.55. The third-order valence-corrected chi connectivity index (χ3v) is 3.59. The molecule has 0 radical (unpaired) electrons. The van der Waals surface area contributed by atoms with Crippen LogP contribution in [0.15, 0.2) is 30.9 Å². The van der Waals surface area contributed by atoms with Gasteiger partial charge >= 0.3 is 0 Å². The van der Waals surface area contributed by atoms with E-state index in [1.165, 1.54) is 12.8 Å². The lowest BCUT2D eigenvalue weighted by Gasteiger charge is -2.31. The third-order valence-electron chi connectivity index (χ3n) is 3.59. The summed E-state index contributed by atoms with van der Waals surface area (Å²) in [6.07, 6.45) is 10.4. The van der Waals surface area contributed by atoms with E-state index in [0.29, 0.717) is 17.8 Å². The zero-order valence-electron chi connectivity index (χ0n) is 11.5. The molecule has 0 aliphatic carbocycles. The van der Waals surface area contributed by atoms with E-state index in [-0.39, 0.29) is 0 Å². The molecule has 104 valence electrons. The minimum atomic E-state index is 0.383. The minimum absolute atomic E-state index is 0.383. The largest absolute Gasteiger partial charge is 0.307 e. The zero-order valence-corrected chi connectivity index (χ0v) is 11.5. The monoisotopic (exact) mass is 270 g/mol. The smallest absolute Gasteiger partial charge is 0.228 e. The first-order valence-corrected chi connectivity index (χ1v) is 6.89. The second-order valence-electron chi connectivity index (χ2n) is 5.01. The first-order chi connectivity index (χ1) is 9.83. The highest BCUT2D eigenvalue weighted by atomic mass is 15.2. The van der Waals surface area contributed by atoms with Gasteiger partial charge in [-0.1, -0.05) is 6.42 Å². The Kier molecular flexibility index (Phi) is 3.83. The van der Waals surface area contributed by atoms with Crippen LogP contribution in [0.3, 0.4) is 0 Å². The van der Waals surface area contributed by atoms with Gasteiger partial charge in [0.15, 0.2) is 5.82 Å². The van der Waals surface area contributed by atoms with Gasteiger partial charge in [-0.15, -0.1) is 0 Å². The Bertz CT molecular complexity index is 559. The number of likely N-dealkylation sites (tertiary alicyclic amines) is 1. The normalized spacial score (nSPS) is 19.8. The van der Waals surface area contributed by atoms with Crippen LogP contribution in [-0.4, -0.2) is 38.4 Å². The van der Waals surface area contributed by atoms with Gasteiger partial charge in [0.25, 0.3) is 0 Å². The van der Waals surface area contributed by atoms with E-state index in [2.05, 4.69) is 37.2 Å². The van der Waals surface area contributed by atoms with E-state index in [1.807, 2.05) is 6.07 Å². The summed E-state index contributed by atoms with van der Waals surface area (Å²) in [6, 6.07) is 2.38. The van der Waals surface area contributed by atoms with Crippen molar-refractivity contribution in [2.45, 2.75) is 25.3 Å². The Labute approximate surface area is 118 Å². The predicted octanol–water partition coefficient (Wildman–Crippen LogP) is 2.17. The van der Waals surface area contributed by atoms with Crippen LogP contribution in [0, 0.1) is 0 Å². The van der Waals surface area contributed by atoms with E-state index < -0.39 is 0 Å². The maximum Gasteiger partial charge on any atom is 0.228 e. The highest BCUT2D eigenvalue weighted by Crippen LogP contribution is 2.28. The van der Waals surface area contributed by atoms with Crippen LogP contribution >= 0.6 is 0 Å². The number of anilines is 2. The molecule has 6 nitrogen and oxygen atoms in total. The molecule has 3 heterocycles. The average Bonchev–Trinajstić information content (AvgIpc) is 2.49. The summed E-state index contributed by atoms with van der Waals surface area (Å²) in [5.41, 5.74) is 1.06. The van der Waals surface area contributed by atoms with E-state index in [0.717, 1.165) is 18.7 Å². The van der Waals surface area contributed by atoms with Gasteiger partial charge in [-0.05, 0) is 32.5 Å². The van der Waals surface area contributed by atoms with E-state index in [1.54, 1.807) is 24.8 Å². The average molecular weight is 270 g/mol.